The molecule has 3 heterocycles. The quantitative estimate of drug-likeness (QED) is 0.410. The molecule has 0 radical (unpaired) electrons. The van der Waals surface area contributed by atoms with Crippen LogP contribution in [0.5, 0.6) is 0 Å². The molecule has 1 N–H and O–H groups in total. The molecule has 0 aromatic heterocycles. The minimum absolute atomic E-state index is 0.0198. The molecule has 2 bridgehead atoms. The van der Waals surface area contributed by atoms with Gasteiger partial charge in [-0.1, -0.05) is 32.9 Å². The van der Waals surface area contributed by atoms with Crippen LogP contribution in [0.15, 0.2) is 25.3 Å². The van der Waals surface area contributed by atoms with Gasteiger partial charge >= 0.3 is 0 Å². The first-order valence-electron chi connectivity index (χ1n) is 13.7. The van der Waals surface area contributed by atoms with Crippen molar-refractivity contribution in [2.45, 2.75) is 94.8 Å². The van der Waals surface area contributed by atoms with Gasteiger partial charge in [0.1, 0.15) is 6.04 Å². The van der Waals surface area contributed by atoms with Gasteiger partial charge in [0.05, 0.1) is 29.2 Å². The monoisotopic (exact) mass is 533 g/mol. The zero-order chi connectivity index (χ0) is 27.9. The van der Waals surface area contributed by atoms with Crippen LogP contribution in [0.25, 0.3) is 0 Å². The van der Waals surface area contributed by atoms with Gasteiger partial charge in [-0.05, 0) is 52.9 Å². The summed E-state index contributed by atoms with van der Waals surface area (Å²) in [5.74, 6) is -1.47. The van der Waals surface area contributed by atoms with Gasteiger partial charge in [0.25, 0.3) is 0 Å². The van der Waals surface area contributed by atoms with Crippen molar-refractivity contribution in [2.24, 2.45) is 17.8 Å². The number of amides is 3. The maximum absolute atomic E-state index is 14.5. The number of thioether (sulfide) groups is 1. The average molecular weight is 534 g/mol. The summed E-state index contributed by atoms with van der Waals surface area (Å²) in [5.41, 5.74) is -0.483. The Labute approximate surface area is 227 Å². The molecule has 0 aromatic rings. The minimum atomic E-state index is -0.743. The SMILES string of the molecule is C=CCN(CCC)C(=O)[C@H]1[C@H]2C(=O)N([C@@H](CO)C(C)C)C(C(=O)N(CC=C)C(C)(C)C)C23CC[C@]1(C)S3. The Balaban J connectivity index is 2.19. The Morgan fingerprint density at radius 3 is 2.30 bits per heavy atom. The van der Waals surface area contributed by atoms with Crippen LogP contribution in [-0.4, -0.2) is 90.9 Å². The van der Waals surface area contributed by atoms with Crippen molar-refractivity contribution in [2.75, 3.05) is 26.2 Å². The molecule has 7 nitrogen and oxygen atoms in total. The van der Waals surface area contributed by atoms with Crippen LogP contribution in [0, 0.1) is 17.8 Å². The van der Waals surface area contributed by atoms with Crippen LogP contribution in [0.3, 0.4) is 0 Å². The lowest BCUT2D eigenvalue weighted by Crippen LogP contribution is -2.61. The highest BCUT2D eigenvalue weighted by Crippen LogP contribution is 2.72. The largest absolute Gasteiger partial charge is 0.394 e. The van der Waals surface area contributed by atoms with Crippen molar-refractivity contribution in [3.05, 3.63) is 25.3 Å². The maximum Gasteiger partial charge on any atom is 0.247 e. The standard InChI is InChI=1S/C29H47N3O4S/c1-10-15-30(16-11-2)24(34)21-22-25(35)32(20(18-33)19(4)5)23(29(22)14-13-28(21,9)37-29)26(36)31(17-12-3)27(6,7)8/h10,12,19-23,33H,1,3,11,13-18H2,2,4-9H3/t20-,21+,22-,23?,28-,29?/m0/s1. The molecule has 2 unspecified atom stereocenters. The van der Waals surface area contributed by atoms with Crippen molar-refractivity contribution in [3.63, 3.8) is 0 Å². The normalized spacial score (nSPS) is 31.4. The molecule has 3 saturated heterocycles. The Morgan fingerprint density at radius 2 is 1.81 bits per heavy atom. The summed E-state index contributed by atoms with van der Waals surface area (Å²) in [7, 11) is 0. The average Bonchev–Trinajstić information content (AvgIpc) is 3.37. The number of aliphatic hydroxyl groups excluding tert-OH is 1. The Morgan fingerprint density at radius 1 is 1.19 bits per heavy atom. The molecule has 0 saturated carbocycles. The number of carbonyl (C=O) groups excluding carboxylic acids is 3. The topological polar surface area (TPSA) is 81.2 Å². The zero-order valence-electron chi connectivity index (χ0n) is 23.8. The maximum atomic E-state index is 14.5. The molecule has 0 aromatic carbocycles. The second kappa shape index (κ2) is 10.8. The van der Waals surface area contributed by atoms with Crippen LogP contribution >= 0.6 is 11.8 Å². The molecule has 3 rings (SSSR count). The van der Waals surface area contributed by atoms with Gasteiger partial charge in [0.2, 0.25) is 17.7 Å². The lowest BCUT2D eigenvalue weighted by molar-refractivity contribution is -0.150. The minimum Gasteiger partial charge on any atom is -0.394 e. The fourth-order valence-corrected chi connectivity index (χ4v) is 9.21. The third-order valence-electron chi connectivity index (χ3n) is 8.57. The highest BCUT2D eigenvalue weighted by molar-refractivity contribution is 8.02. The van der Waals surface area contributed by atoms with Gasteiger partial charge in [0.15, 0.2) is 0 Å². The van der Waals surface area contributed by atoms with E-state index in [0.717, 1.165) is 12.8 Å². The smallest absolute Gasteiger partial charge is 0.247 e. The predicted octanol–water partition coefficient (Wildman–Crippen LogP) is 3.72. The number of carbonyl (C=O) groups is 3. The van der Waals surface area contributed by atoms with Crippen LogP contribution in [0.1, 0.15) is 67.7 Å². The Bertz CT molecular complexity index is 931. The van der Waals surface area contributed by atoms with E-state index in [-0.39, 0.29) is 30.2 Å². The van der Waals surface area contributed by atoms with E-state index in [1.165, 1.54) is 0 Å². The third kappa shape index (κ3) is 4.77. The molecule has 208 valence electrons. The van der Waals surface area contributed by atoms with Crippen molar-refractivity contribution < 1.29 is 19.5 Å². The number of hydrogen-bond acceptors (Lipinski definition) is 5. The van der Waals surface area contributed by atoms with Gasteiger partial charge in [-0.25, -0.2) is 0 Å². The number of aliphatic hydroxyl groups is 1. The summed E-state index contributed by atoms with van der Waals surface area (Å²) in [6.45, 7) is 22.9. The zero-order valence-corrected chi connectivity index (χ0v) is 24.6. The summed E-state index contributed by atoms with van der Waals surface area (Å²) in [4.78, 5) is 48.3. The Kier molecular flexibility index (Phi) is 8.65. The number of rotatable bonds is 11. The second-order valence-electron chi connectivity index (χ2n) is 12.4. The van der Waals surface area contributed by atoms with E-state index in [2.05, 4.69) is 20.1 Å². The predicted molar refractivity (Wildman–Crippen MR) is 150 cm³/mol. The highest BCUT2D eigenvalue weighted by Gasteiger charge is 2.78. The highest BCUT2D eigenvalue weighted by atomic mass is 32.2. The first kappa shape index (κ1) is 29.8. The van der Waals surface area contributed by atoms with Gasteiger partial charge in [-0.3, -0.25) is 14.4 Å². The molecular weight excluding hydrogens is 486 g/mol. The summed E-state index contributed by atoms with van der Waals surface area (Å²) in [5, 5.41) is 10.4. The fourth-order valence-electron chi connectivity index (χ4n) is 6.88. The molecule has 3 aliphatic heterocycles. The van der Waals surface area contributed by atoms with Crippen molar-refractivity contribution in [1.82, 2.24) is 14.7 Å². The van der Waals surface area contributed by atoms with Crippen LogP contribution in [-0.2, 0) is 14.4 Å². The number of nitrogens with zero attached hydrogens (tertiary/aromatic N) is 3. The number of hydrogen-bond donors (Lipinski definition) is 1. The molecule has 6 atom stereocenters. The summed E-state index contributed by atoms with van der Waals surface area (Å²) >= 11 is 1.68. The molecule has 3 fully saturated rings. The van der Waals surface area contributed by atoms with E-state index in [1.807, 2.05) is 46.4 Å². The molecule has 0 aliphatic carbocycles. The number of fused-ring (bicyclic) bond motifs is 1. The molecule has 8 heteroatoms. The molecule has 1 spiro atoms. The second-order valence-corrected chi connectivity index (χ2v) is 14.3. The summed E-state index contributed by atoms with van der Waals surface area (Å²) < 4.78 is -1.13. The van der Waals surface area contributed by atoms with E-state index in [0.29, 0.717) is 26.1 Å². The van der Waals surface area contributed by atoms with Gasteiger partial charge in [0, 0.05) is 29.9 Å². The van der Waals surface area contributed by atoms with E-state index >= 15 is 0 Å². The van der Waals surface area contributed by atoms with E-state index < -0.39 is 39.0 Å². The Hall–Kier alpha value is -1.80. The van der Waals surface area contributed by atoms with Crippen molar-refractivity contribution >= 4 is 29.5 Å². The third-order valence-corrected chi connectivity index (χ3v) is 10.6. The van der Waals surface area contributed by atoms with Gasteiger partial charge in [-0.15, -0.1) is 24.9 Å². The van der Waals surface area contributed by atoms with Crippen LogP contribution in [0.2, 0.25) is 0 Å². The first-order valence-corrected chi connectivity index (χ1v) is 14.5. The van der Waals surface area contributed by atoms with Crippen molar-refractivity contribution in [3.8, 4) is 0 Å². The van der Waals surface area contributed by atoms with Crippen LogP contribution < -0.4 is 0 Å². The lowest BCUT2D eigenvalue weighted by Gasteiger charge is -2.44. The molecule has 37 heavy (non-hydrogen) atoms. The molecule has 3 amide bonds. The fraction of sp³-hybridized carbons (Fsp3) is 0.759. The summed E-state index contributed by atoms with van der Waals surface area (Å²) in [6, 6.07) is -1.25. The van der Waals surface area contributed by atoms with E-state index in [4.69, 9.17) is 0 Å². The van der Waals surface area contributed by atoms with E-state index in [1.54, 1.807) is 33.7 Å². The summed E-state index contributed by atoms with van der Waals surface area (Å²) in [6.07, 6.45) is 5.73. The van der Waals surface area contributed by atoms with Crippen molar-refractivity contribution in [1.29, 1.82) is 0 Å². The van der Waals surface area contributed by atoms with E-state index in [9.17, 15) is 19.5 Å². The first-order chi connectivity index (χ1) is 17.3. The number of likely N-dealkylation sites (tertiary alicyclic amines) is 1. The van der Waals surface area contributed by atoms with Gasteiger partial charge in [-0.2, -0.15) is 0 Å². The lowest BCUT2D eigenvalue weighted by atomic mass is 9.66. The van der Waals surface area contributed by atoms with Gasteiger partial charge < -0.3 is 19.8 Å². The van der Waals surface area contributed by atoms with Crippen LogP contribution in [0.4, 0.5) is 0 Å². The molecular formula is C29H47N3O4S. The molecule has 3 aliphatic rings.